The van der Waals surface area contributed by atoms with Crippen molar-refractivity contribution in [3.63, 3.8) is 0 Å². The van der Waals surface area contributed by atoms with Gasteiger partial charge in [0.05, 0.1) is 17.4 Å². The highest BCUT2D eigenvalue weighted by Crippen LogP contribution is 2.28. The fraction of sp³-hybridized carbons (Fsp3) is 0.125. The second-order valence-corrected chi connectivity index (χ2v) is 5.14. The SMILES string of the molecule is NC(=Nc1ccc2cn[nH]c2c1)N1CCc2ccccc21. The number of aromatic amines is 1. The summed E-state index contributed by atoms with van der Waals surface area (Å²) in [5.74, 6) is 0.527. The summed E-state index contributed by atoms with van der Waals surface area (Å²) < 4.78 is 0. The minimum atomic E-state index is 0.527. The normalized spacial score (nSPS) is 14.7. The molecule has 104 valence electrons. The topological polar surface area (TPSA) is 70.3 Å². The number of nitrogens with one attached hydrogen (secondary N) is 1. The van der Waals surface area contributed by atoms with Crippen molar-refractivity contribution in [1.29, 1.82) is 0 Å². The number of rotatable bonds is 1. The van der Waals surface area contributed by atoms with E-state index in [1.807, 2.05) is 24.3 Å². The molecule has 0 aliphatic carbocycles. The fourth-order valence-electron chi connectivity index (χ4n) is 2.76. The zero-order valence-corrected chi connectivity index (χ0v) is 11.5. The number of H-pyrrole nitrogens is 1. The Bertz CT molecular complexity index is 833. The van der Waals surface area contributed by atoms with Gasteiger partial charge in [0.25, 0.3) is 0 Å². The van der Waals surface area contributed by atoms with Crippen molar-refractivity contribution in [2.24, 2.45) is 10.7 Å². The molecule has 0 amide bonds. The van der Waals surface area contributed by atoms with Gasteiger partial charge in [0, 0.05) is 17.6 Å². The lowest BCUT2D eigenvalue weighted by Crippen LogP contribution is -2.35. The number of nitrogens with two attached hydrogens (primary N) is 1. The Morgan fingerprint density at radius 3 is 3.10 bits per heavy atom. The zero-order chi connectivity index (χ0) is 14.2. The number of hydrogen-bond donors (Lipinski definition) is 2. The summed E-state index contributed by atoms with van der Waals surface area (Å²) in [5, 5.41) is 8.03. The van der Waals surface area contributed by atoms with Crippen LogP contribution in [0.1, 0.15) is 5.56 Å². The number of aromatic nitrogens is 2. The number of aliphatic imine (C=N–C) groups is 1. The molecule has 1 aliphatic heterocycles. The van der Waals surface area contributed by atoms with Gasteiger partial charge in [-0.2, -0.15) is 5.10 Å². The molecule has 3 aromatic rings. The van der Waals surface area contributed by atoms with Crippen LogP contribution in [0.2, 0.25) is 0 Å². The number of para-hydroxylation sites is 1. The van der Waals surface area contributed by atoms with E-state index in [-0.39, 0.29) is 0 Å². The predicted octanol–water partition coefficient (Wildman–Crippen LogP) is 2.57. The molecule has 4 rings (SSSR count). The average Bonchev–Trinajstić information content (AvgIpc) is 3.13. The van der Waals surface area contributed by atoms with Crippen molar-refractivity contribution in [1.82, 2.24) is 10.2 Å². The first kappa shape index (κ1) is 12.0. The van der Waals surface area contributed by atoms with E-state index in [1.165, 1.54) is 5.56 Å². The lowest BCUT2D eigenvalue weighted by atomic mass is 10.2. The third kappa shape index (κ3) is 2.03. The van der Waals surface area contributed by atoms with E-state index in [4.69, 9.17) is 5.73 Å². The highest BCUT2D eigenvalue weighted by Gasteiger charge is 2.20. The highest BCUT2D eigenvalue weighted by molar-refractivity contribution is 5.98. The maximum Gasteiger partial charge on any atom is 0.201 e. The van der Waals surface area contributed by atoms with Crippen LogP contribution in [-0.2, 0) is 6.42 Å². The molecular formula is C16H15N5. The number of fused-ring (bicyclic) bond motifs is 2. The summed E-state index contributed by atoms with van der Waals surface area (Å²) in [6.07, 6.45) is 2.80. The second kappa shape index (κ2) is 4.63. The second-order valence-electron chi connectivity index (χ2n) is 5.14. The summed E-state index contributed by atoms with van der Waals surface area (Å²) in [6, 6.07) is 14.2. The largest absolute Gasteiger partial charge is 0.369 e. The van der Waals surface area contributed by atoms with Crippen molar-refractivity contribution in [3.8, 4) is 0 Å². The summed E-state index contributed by atoms with van der Waals surface area (Å²) in [5.41, 5.74) is 10.5. The van der Waals surface area contributed by atoms with Crippen molar-refractivity contribution in [2.75, 3.05) is 11.4 Å². The van der Waals surface area contributed by atoms with Gasteiger partial charge in [-0.25, -0.2) is 4.99 Å². The fourth-order valence-corrected chi connectivity index (χ4v) is 2.76. The number of anilines is 1. The molecule has 2 heterocycles. The van der Waals surface area contributed by atoms with E-state index < -0.39 is 0 Å². The van der Waals surface area contributed by atoms with Gasteiger partial charge >= 0.3 is 0 Å². The Morgan fingerprint density at radius 2 is 2.14 bits per heavy atom. The van der Waals surface area contributed by atoms with E-state index in [1.54, 1.807) is 6.20 Å². The maximum atomic E-state index is 6.20. The minimum absolute atomic E-state index is 0.527. The van der Waals surface area contributed by atoms with E-state index in [9.17, 15) is 0 Å². The zero-order valence-electron chi connectivity index (χ0n) is 11.5. The standard InChI is InChI=1S/C16H15N5/c17-16(21-8-7-11-3-1-2-4-15(11)21)19-13-6-5-12-10-18-20-14(12)9-13/h1-6,9-10H,7-8H2,(H2,17,19)(H,18,20). The molecule has 0 fully saturated rings. The molecular weight excluding hydrogens is 262 g/mol. The Balaban J connectivity index is 1.69. The summed E-state index contributed by atoms with van der Waals surface area (Å²) in [7, 11) is 0. The van der Waals surface area contributed by atoms with E-state index in [0.717, 1.165) is 35.2 Å². The molecule has 0 saturated carbocycles. The lowest BCUT2D eigenvalue weighted by molar-refractivity contribution is 1.01. The van der Waals surface area contributed by atoms with Crippen molar-refractivity contribution in [3.05, 3.63) is 54.2 Å². The van der Waals surface area contributed by atoms with Crippen LogP contribution in [0.5, 0.6) is 0 Å². The molecule has 0 unspecified atom stereocenters. The van der Waals surface area contributed by atoms with Crippen LogP contribution < -0.4 is 10.6 Å². The third-order valence-corrected chi connectivity index (χ3v) is 3.83. The Kier molecular flexibility index (Phi) is 2.64. The Hall–Kier alpha value is -2.82. The molecule has 0 atom stereocenters. The Morgan fingerprint density at radius 1 is 1.24 bits per heavy atom. The van der Waals surface area contributed by atoms with Crippen LogP contribution >= 0.6 is 0 Å². The summed E-state index contributed by atoms with van der Waals surface area (Å²) in [6.45, 7) is 0.876. The first-order valence-electron chi connectivity index (χ1n) is 6.94. The average molecular weight is 277 g/mol. The van der Waals surface area contributed by atoms with Gasteiger partial charge < -0.3 is 10.6 Å². The number of benzene rings is 2. The molecule has 5 heteroatoms. The first-order chi connectivity index (χ1) is 10.3. The molecule has 0 radical (unpaired) electrons. The van der Waals surface area contributed by atoms with Crippen molar-refractivity contribution in [2.45, 2.75) is 6.42 Å². The summed E-state index contributed by atoms with van der Waals surface area (Å²) >= 11 is 0. The van der Waals surface area contributed by atoms with Crippen LogP contribution in [0.3, 0.4) is 0 Å². The molecule has 3 N–H and O–H groups in total. The van der Waals surface area contributed by atoms with Gasteiger partial charge in [0.1, 0.15) is 0 Å². The first-order valence-corrected chi connectivity index (χ1v) is 6.94. The molecule has 1 aromatic heterocycles. The van der Waals surface area contributed by atoms with Crippen LogP contribution in [0.4, 0.5) is 11.4 Å². The van der Waals surface area contributed by atoms with Crippen molar-refractivity contribution >= 4 is 28.2 Å². The molecule has 1 aliphatic rings. The van der Waals surface area contributed by atoms with Gasteiger partial charge in [-0.1, -0.05) is 18.2 Å². The van der Waals surface area contributed by atoms with E-state index in [2.05, 4.69) is 38.3 Å². The van der Waals surface area contributed by atoms with Crippen LogP contribution in [-0.4, -0.2) is 22.7 Å². The molecule has 5 nitrogen and oxygen atoms in total. The quantitative estimate of drug-likeness (QED) is 0.530. The molecule has 21 heavy (non-hydrogen) atoms. The minimum Gasteiger partial charge on any atom is -0.369 e. The maximum absolute atomic E-state index is 6.20. The number of guanidine groups is 1. The van der Waals surface area contributed by atoms with Crippen LogP contribution in [0.25, 0.3) is 10.9 Å². The van der Waals surface area contributed by atoms with Crippen LogP contribution in [0.15, 0.2) is 53.7 Å². The lowest BCUT2D eigenvalue weighted by Gasteiger charge is -2.17. The Labute approximate surface area is 122 Å². The molecule has 0 saturated heterocycles. The molecule has 0 spiro atoms. The smallest absolute Gasteiger partial charge is 0.201 e. The third-order valence-electron chi connectivity index (χ3n) is 3.83. The number of hydrogen-bond acceptors (Lipinski definition) is 2. The molecule has 2 aromatic carbocycles. The van der Waals surface area contributed by atoms with Gasteiger partial charge in [-0.3, -0.25) is 5.10 Å². The van der Waals surface area contributed by atoms with Crippen molar-refractivity contribution < 1.29 is 0 Å². The van der Waals surface area contributed by atoms with E-state index >= 15 is 0 Å². The highest BCUT2D eigenvalue weighted by atomic mass is 15.3. The predicted molar refractivity (Wildman–Crippen MR) is 84.9 cm³/mol. The number of nitrogens with zero attached hydrogens (tertiary/aromatic N) is 3. The van der Waals surface area contributed by atoms with Gasteiger partial charge in [0.2, 0.25) is 5.96 Å². The van der Waals surface area contributed by atoms with Crippen LogP contribution in [0, 0.1) is 0 Å². The van der Waals surface area contributed by atoms with Gasteiger partial charge in [-0.05, 0) is 36.2 Å². The van der Waals surface area contributed by atoms with E-state index in [0.29, 0.717) is 5.96 Å². The summed E-state index contributed by atoms with van der Waals surface area (Å²) in [4.78, 5) is 6.60. The van der Waals surface area contributed by atoms with Gasteiger partial charge in [0.15, 0.2) is 0 Å². The monoisotopic (exact) mass is 277 g/mol. The van der Waals surface area contributed by atoms with Gasteiger partial charge in [-0.15, -0.1) is 0 Å². The molecule has 0 bridgehead atoms.